The van der Waals surface area contributed by atoms with Crippen LogP contribution < -0.4 is 4.90 Å². The van der Waals surface area contributed by atoms with E-state index in [1.165, 1.54) is 12.4 Å². The van der Waals surface area contributed by atoms with Gasteiger partial charge in [0.05, 0.1) is 30.4 Å². The third-order valence-corrected chi connectivity index (χ3v) is 5.99. The minimum Gasteiger partial charge on any atom is -0.475 e. The van der Waals surface area contributed by atoms with Crippen LogP contribution in [0.15, 0.2) is 43.1 Å². The van der Waals surface area contributed by atoms with Gasteiger partial charge in [-0.25, -0.2) is 19.2 Å². The molecule has 2 N–H and O–H groups in total. The lowest BCUT2D eigenvalue weighted by Gasteiger charge is -2.23. The summed E-state index contributed by atoms with van der Waals surface area (Å²) in [4.78, 5) is 26.2. The maximum absolute atomic E-state index is 13.5. The Hall–Kier alpha value is -4.61. The number of nitriles is 1. The molecule has 5 rings (SSSR count). The first kappa shape index (κ1) is 26.5. The third kappa shape index (κ3) is 5.69. The predicted octanol–water partition coefficient (Wildman–Crippen LogP) is 4.11. The number of rotatable bonds is 5. The monoisotopic (exact) mass is 534 g/mol. The Labute approximate surface area is 211 Å². The molecule has 0 saturated carbocycles. The lowest BCUT2D eigenvalue weighted by Crippen LogP contribution is -2.25. The molecule has 2 atom stereocenters. The van der Waals surface area contributed by atoms with E-state index in [1.807, 2.05) is 28.0 Å². The molecule has 0 aromatic carbocycles. The van der Waals surface area contributed by atoms with E-state index in [-0.39, 0.29) is 18.4 Å². The molecule has 15 heteroatoms. The number of hydrogen-bond donors (Lipinski definition) is 2. The van der Waals surface area contributed by atoms with Gasteiger partial charge in [-0.05, 0) is 24.6 Å². The molecule has 1 unspecified atom stereocenters. The molecule has 198 valence electrons. The molecule has 38 heavy (non-hydrogen) atoms. The number of carboxylic acid groups (broad SMARTS) is 1. The zero-order valence-electron chi connectivity index (χ0n) is 19.4. The number of aromatic nitrogens is 6. The van der Waals surface area contributed by atoms with Crippen LogP contribution in [-0.2, 0) is 4.79 Å². The molecule has 1 saturated heterocycles. The average Bonchev–Trinajstić information content (AvgIpc) is 3.64. The first-order chi connectivity index (χ1) is 18.1. The van der Waals surface area contributed by atoms with Crippen LogP contribution in [0.1, 0.15) is 18.9 Å². The van der Waals surface area contributed by atoms with Crippen molar-refractivity contribution in [2.24, 2.45) is 5.92 Å². The van der Waals surface area contributed by atoms with E-state index in [0.29, 0.717) is 18.9 Å². The lowest BCUT2D eigenvalue weighted by molar-refractivity contribution is -0.192. The Morgan fingerprint density at radius 2 is 2.03 bits per heavy atom. The normalized spacial score (nSPS) is 16.1. The highest BCUT2D eigenvalue weighted by Gasteiger charge is 2.38. The van der Waals surface area contributed by atoms with Crippen molar-refractivity contribution in [3.05, 3.63) is 54.9 Å². The second-order valence-electron chi connectivity index (χ2n) is 8.34. The third-order valence-electron chi connectivity index (χ3n) is 5.99. The number of carbonyl (C=O) groups is 1. The van der Waals surface area contributed by atoms with Crippen molar-refractivity contribution in [3.8, 4) is 17.3 Å². The first-order valence-electron chi connectivity index (χ1n) is 11.1. The maximum Gasteiger partial charge on any atom is 0.490 e. The zero-order valence-corrected chi connectivity index (χ0v) is 19.4. The number of anilines is 1. The number of H-pyrrole nitrogens is 1. The fourth-order valence-electron chi connectivity index (χ4n) is 4.21. The highest BCUT2D eigenvalue weighted by molar-refractivity contribution is 5.89. The van der Waals surface area contributed by atoms with E-state index in [4.69, 9.17) is 9.90 Å². The van der Waals surface area contributed by atoms with Gasteiger partial charge >= 0.3 is 12.1 Å². The van der Waals surface area contributed by atoms with Crippen LogP contribution in [0, 0.1) is 29.0 Å². The number of aromatic amines is 1. The molecule has 1 aliphatic heterocycles. The van der Waals surface area contributed by atoms with Crippen LogP contribution >= 0.6 is 0 Å². The van der Waals surface area contributed by atoms with E-state index >= 15 is 0 Å². The molecule has 0 spiro atoms. The molecule has 1 fully saturated rings. The Bertz CT molecular complexity index is 1480. The van der Waals surface area contributed by atoms with Gasteiger partial charge in [0.2, 0.25) is 0 Å². The summed E-state index contributed by atoms with van der Waals surface area (Å²) in [5, 5.41) is 22.0. The minimum absolute atomic E-state index is 0.111. The van der Waals surface area contributed by atoms with E-state index in [9.17, 15) is 27.2 Å². The summed E-state index contributed by atoms with van der Waals surface area (Å²) >= 11 is 0. The Morgan fingerprint density at radius 3 is 2.71 bits per heavy atom. The fourth-order valence-corrected chi connectivity index (χ4v) is 4.21. The van der Waals surface area contributed by atoms with Gasteiger partial charge in [-0.3, -0.25) is 4.68 Å². The Morgan fingerprint density at radius 1 is 1.26 bits per heavy atom. The average molecular weight is 534 g/mol. The second-order valence-corrected chi connectivity index (χ2v) is 8.34. The SMILES string of the molecule is N#CCC([C@H]1CCN(c2ccc(F)c(F)n2)C1)n1cc(-c2ncnc3[nH]ccc23)cn1.O=C(O)C(F)(F)F. The summed E-state index contributed by atoms with van der Waals surface area (Å²) in [5.41, 5.74) is 2.36. The number of carboxylic acids is 1. The quantitative estimate of drug-likeness (QED) is 0.288. The number of nitrogens with zero attached hydrogens (tertiary/aromatic N) is 7. The van der Waals surface area contributed by atoms with E-state index < -0.39 is 23.9 Å². The molecular formula is C23H19F5N8O2. The van der Waals surface area contributed by atoms with E-state index in [1.54, 1.807) is 6.20 Å². The summed E-state index contributed by atoms with van der Waals surface area (Å²) < 4.78 is 60.3. The van der Waals surface area contributed by atoms with Gasteiger partial charge in [-0.1, -0.05) is 0 Å². The fraction of sp³-hybridized carbons (Fsp3) is 0.304. The second kappa shape index (κ2) is 10.8. The Balaban J connectivity index is 0.000000426. The van der Waals surface area contributed by atoms with Crippen LogP contribution in [0.5, 0.6) is 0 Å². The highest BCUT2D eigenvalue weighted by atomic mass is 19.4. The van der Waals surface area contributed by atoms with E-state index in [2.05, 4.69) is 31.1 Å². The summed E-state index contributed by atoms with van der Waals surface area (Å²) in [6.07, 6.45) is 2.94. The Kier molecular flexibility index (Phi) is 7.51. The van der Waals surface area contributed by atoms with Crippen molar-refractivity contribution in [2.45, 2.75) is 25.1 Å². The van der Waals surface area contributed by atoms with Crippen LogP contribution in [0.4, 0.5) is 27.8 Å². The number of aliphatic carboxylic acids is 1. The molecule has 5 heterocycles. The lowest BCUT2D eigenvalue weighted by atomic mass is 9.96. The molecule has 0 aliphatic carbocycles. The first-order valence-corrected chi connectivity index (χ1v) is 11.1. The largest absolute Gasteiger partial charge is 0.490 e. The number of halogens is 5. The number of pyridine rings is 1. The van der Waals surface area contributed by atoms with Crippen molar-refractivity contribution in [3.63, 3.8) is 0 Å². The van der Waals surface area contributed by atoms with Gasteiger partial charge in [0.25, 0.3) is 5.95 Å². The van der Waals surface area contributed by atoms with Crippen LogP contribution in [0.3, 0.4) is 0 Å². The highest BCUT2D eigenvalue weighted by Crippen LogP contribution is 2.34. The summed E-state index contributed by atoms with van der Waals surface area (Å²) in [7, 11) is 0. The summed E-state index contributed by atoms with van der Waals surface area (Å²) in [6, 6.07) is 6.57. The predicted molar refractivity (Wildman–Crippen MR) is 123 cm³/mol. The summed E-state index contributed by atoms with van der Waals surface area (Å²) in [5.74, 6) is -4.32. The topological polar surface area (TPSA) is 137 Å². The van der Waals surface area contributed by atoms with Gasteiger partial charge < -0.3 is 15.0 Å². The van der Waals surface area contributed by atoms with Crippen molar-refractivity contribution >= 4 is 22.8 Å². The van der Waals surface area contributed by atoms with Gasteiger partial charge in [-0.15, -0.1) is 0 Å². The molecule has 10 nitrogen and oxygen atoms in total. The zero-order chi connectivity index (χ0) is 27.4. The number of alkyl halides is 3. The van der Waals surface area contributed by atoms with Gasteiger partial charge in [0.1, 0.15) is 17.8 Å². The molecule has 4 aromatic heterocycles. The van der Waals surface area contributed by atoms with Gasteiger partial charge in [0.15, 0.2) is 5.82 Å². The minimum atomic E-state index is -5.08. The van der Waals surface area contributed by atoms with Crippen molar-refractivity contribution in [1.82, 2.24) is 29.7 Å². The van der Waals surface area contributed by atoms with Crippen molar-refractivity contribution in [2.75, 3.05) is 18.0 Å². The number of nitrogens with one attached hydrogen (secondary N) is 1. The summed E-state index contributed by atoms with van der Waals surface area (Å²) in [6.45, 7) is 1.23. The molecule has 4 aromatic rings. The van der Waals surface area contributed by atoms with Crippen molar-refractivity contribution in [1.29, 1.82) is 5.26 Å². The number of hydrogen-bond acceptors (Lipinski definition) is 7. The van der Waals surface area contributed by atoms with Crippen molar-refractivity contribution < 1.29 is 31.9 Å². The molecular weight excluding hydrogens is 515 g/mol. The van der Waals surface area contributed by atoms with Gasteiger partial charge in [0, 0.05) is 42.4 Å². The smallest absolute Gasteiger partial charge is 0.475 e. The van der Waals surface area contributed by atoms with Crippen LogP contribution in [-0.4, -0.2) is 60.1 Å². The van der Waals surface area contributed by atoms with Gasteiger partial charge in [-0.2, -0.15) is 32.9 Å². The molecule has 0 amide bonds. The standard InChI is InChI=1S/C21H18F2N8.C2HF3O2/c22-16-1-2-18(29-20(16)23)30-8-5-13(10-30)17(3-6-24)31-11-14(9-28-31)19-15-4-7-25-21(15)27-12-26-19;3-2(4,5)1(6)7/h1-2,4,7,9,11-13,17H,3,5,8,10H2,(H,25,26,27);(H,6,7)/t13-,17?;/m0./s1. The van der Waals surface area contributed by atoms with Crippen LogP contribution in [0.2, 0.25) is 0 Å². The molecule has 0 radical (unpaired) electrons. The number of fused-ring (bicyclic) bond motifs is 1. The molecule has 1 aliphatic rings. The molecule has 0 bridgehead atoms. The van der Waals surface area contributed by atoms with E-state index in [0.717, 1.165) is 34.8 Å². The van der Waals surface area contributed by atoms with Crippen LogP contribution in [0.25, 0.3) is 22.3 Å². The maximum atomic E-state index is 13.5.